The summed E-state index contributed by atoms with van der Waals surface area (Å²) in [6.07, 6.45) is 2.55. The molecule has 0 saturated carbocycles. The van der Waals surface area contributed by atoms with Gasteiger partial charge in [-0.3, -0.25) is 4.79 Å². The third kappa shape index (κ3) is 3.69. The molecule has 0 spiro atoms. The highest BCUT2D eigenvalue weighted by Crippen LogP contribution is 2.51. The lowest BCUT2D eigenvalue weighted by molar-refractivity contribution is -0.118. The average Bonchev–Trinajstić information content (AvgIpc) is 3.31. The van der Waals surface area contributed by atoms with Crippen LogP contribution in [0.5, 0.6) is 23.1 Å². The summed E-state index contributed by atoms with van der Waals surface area (Å²) in [6.45, 7) is 4.12. The molecule has 0 saturated heterocycles. The van der Waals surface area contributed by atoms with Crippen LogP contribution >= 0.6 is 0 Å². The van der Waals surface area contributed by atoms with Gasteiger partial charge in [0.05, 0.1) is 31.3 Å². The lowest BCUT2D eigenvalue weighted by atomic mass is 9.70. The van der Waals surface area contributed by atoms with Crippen molar-refractivity contribution in [3.63, 3.8) is 0 Å². The summed E-state index contributed by atoms with van der Waals surface area (Å²) < 4.78 is 18.9. The minimum absolute atomic E-state index is 0.0270. The number of rotatable bonds is 4. The zero-order valence-corrected chi connectivity index (χ0v) is 21.0. The van der Waals surface area contributed by atoms with Crippen molar-refractivity contribution in [1.29, 1.82) is 0 Å². The second-order valence-corrected chi connectivity index (χ2v) is 10.1. The Hall–Kier alpha value is -4.40. The number of aromatic nitrogens is 4. The molecule has 1 aliphatic carbocycles. The smallest absolute Gasteiger partial charge is 0.228 e. The van der Waals surface area contributed by atoms with E-state index in [4.69, 9.17) is 19.2 Å². The van der Waals surface area contributed by atoms with Crippen LogP contribution in [0.2, 0.25) is 0 Å². The third-order valence-electron chi connectivity index (χ3n) is 6.95. The number of nitrogens with zero attached hydrogens (tertiary/aromatic N) is 4. The van der Waals surface area contributed by atoms with Gasteiger partial charge in [0.1, 0.15) is 17.8 Å². The summed E-state index contributed by atoms with van der Waals surface area (Å²) in [5, 5.41) is 15.0. The highest BCUT2D eigenvalue weighted by molar-refractivity contribution is 6.00. The molecule has 4 aromatic rings. The predicted octanol–water partition coefficient (Wildman–Crippen LogP) is 4.68. The van der Waals surface area contributed by atoms with Gasteiger partial charge >= 0.3 is 0 Å². The van der Waals surface area contributed by atoms with Crippen LogP contribution in [0.1, 0.15) is 43.7 Å². The summed E-state index contributed by atoms with van der Waals surface area (Å²) in [7, 11) is 3.16. The number of benzene rings is 2. The van der Waals surface area contributed by atoms with Crippen LogP contribution in [-0.2, 0) is 4.79 Å². The number of hydrogen-bond acceptors (Lipinski definition) is 8. The van der Waals surface area contributed by atoms with E-state index in [0.29, 0.717) is 64.2 Å². The number of hydrogen-bond donors (Lipinski definition) is 1. The molecule has 9 nitrogen and oxygen atoms in total. The Morgan fingerprint density at radius 3 is 2.62 bits per heavy atom. The number of para-hydroxylation sites is 1. The van der Waals surface area contributed by atoms with Gasteiger partial charge in [-0.15, -0.1) is 5.10 Å². The van der Waals surface area contributed by atoms with Crippen LogP contribution in [0.25, 0.3) is 17.0 Å². The van der Waals surface area contributed by atoms with E-state index in [9.17, 15) is 9.90 Å². The molecule has 9 heteroatoms. The summed E-state index contributed by atoms with van der Waals surface area (Å²) >= 11 is 0. The summed E-state index contributed by atoms with van der Waals surface area (Å²) in [5.74, 6) is 2.09. The van der Waals surface area contributed by atoms with Crippen LogP contribution < -0.4 is 14.2 Å². The van der Waals surface area contributed by atoms with E-state index < -0.39 is 5.92 Å². The monoisotopic (exact) mass is 498 g/mol. The van der Waals surface area contributed by atoms with Crippen LogP contribution in [0.15, 0.2) is 60.1 Å². The summed E-state index contributed by atoms with van der Waals surface area (Å²) in [5.41, 5.74) is 2.82. The van der Waals surface area contributed by atoms with Crippen molar-refractivity contribution < 1.29 is 24.1 Å². The Bertz CT molecular complexity index is 1600. The Labute approximate surface area is 213 Å². The molecule has 0 radical (unpaired) electrons. The van der Waals surface area contributed by atoms with Gasteiger partial charge in [0.2, 0.25) is 5.88 Å². The molecule has 188 valence electrons. The molecular formula is C28H26N4O5. The first-order valence-corrected chi connectivity index (χ1v) is 12.0. The first kappa shape index (κ1) is 23.0. The fraction of sp³-hybridized carbons (Fsp3) is 0.286. The maximum Gasteiger partial charge on any atom is 0.228 e. The predicted molar refractivity (Wildman–Crippen MR) is 135 cm³/mol. The molecular weight excluding hydrogens is 472 g/mol. The molecule has 37 heavy (non-hydrogen) atoms. The first-order valence-electron chi connectivity index (χ1n) is 12.0. The summed E-state index contributed by atoms with van der Waals surface area (Å²) in [4.78, 5) is 23.0. The number of ketones is 1. The highest BCUT2D eigenvalue weighted by Gasteiger charge is 2.44. The van der Waals surface area contributed by atoms with Gasteiger partial charge in [-0.2, -0.15) is 0 Å². The van der Waals surface area contributed by atoms with Crippen molar-refractivity contribution in [2.75, 3.05) is 14.2 Å². The van der Waals surface area contributed by atoms with Crippen molar-refractivity contribution in [3.05, 3.63) is 71.3 Å². The number of ether oxygens (including phenoxy) is 3. The minimum atomic E-state index is -0.500. The second-order valence-electron chi connectivity index (χ2n) is 10.1. The maximum atomic E-state index is 13.6. The van der Waals surface area contributed by atoms with E-state index in [0.717, 1.165) is 5.56 Å². The fourth-order valence-corrected chi connectivity index (χ4v) is 5.29. The lowest BCUT2D eigenvalue weighted by Crippen LogP contribution is -2.33. The van der Waals surface area contributed by atoms with E-state index in [1.54, 1.807) is 36.9 Å². The maximum absolute atomic E-state index is 13.6. The molecule has 3 heterocycles. The molecule has 2 aromatic heterocycles. The third-order valence-corrected chi connectivity index (χ3v) is 6.95. The van der Waals surface area contributed by atoms with E-state index in [-0.39, 0.29) is 16.9 Å². The number of aromatic hydroxyl groups is 1. The molecule has 2 aliphatic rings. The molecule has 0 bridgehead atoms. The number of Topliss-reactive ketones (excluding diaryl/α,β-unsaturated/α-hetero) is 1. The number of fused-ring (bicyclic) bond motifs is 3. The number of allylic oxidation sites excluding steroid dienone is 2. The SMILES string of the molecule is COc1ccc([C@@H]2C3=C(CC(C)(C)CC3=O)Oc3ncn4nc(-c5ccccc5O)nc4c32)cc1OC. The standard InChI is InChI=1S/C28H26N4O5/c1-28(2)12-18(34)23-21(13-28)37-27-24(22(23)15-9-10-19(35-3)20(11-15)36-4)26-30-25(31-32(26)14-29-27)16-7-5-6-8-17(16)33/h5-11,14,22,33H,12-13H2,1-4H3/t22-/m1/s1. The van der Waals surface area contributed by atoms with Gasteiger partial charge in [0, 0.05) is 18.4 Å². The highest BCUT2D eigenvalue weighted by atomic mass is 16.5. The van der Waals surface area contributed by atoms with E-state index in [1.807, 2.05) is 24.3 Å². The molecule has 1 N–H and O–H groups in total. The summed E-state index contributed by atoms with van der Waals surface area (Å²) in [6, 6.07) is 12.5. The van der Waals surface area contributed by atoms with Gasteiger partial charge in [-0.1, -0.05) is 32.0 Å². The number of carbonyl (C=O) groups excluding carboxylic acids is 1. The molecule has 2 aromatic carbocycles. The van der Waals surface area contributed by atoms with Crippen LogP contribution in [0.3, 0.4) is 0 Å². The fourth-order valence-electron chi connectivity index (χ4n) is 5.29. The molecule has 0 amide bonds. The Morgan fingerprint density at radius 2 is 1.86 bits per heavy atom. The van der Waals surface area contributed by atoms with Crippen molar-refractivity contribution in [2.45, 2.75) is 32.6 Å². The van der Waals surface area contributed by atoms with Gasteiger partial charge in [0.25, 0.3) is 0 Å². The van der Waals surface area contributed by atoms with Crippen LogP contribution in [0.4, 0.5) is 0 Å². The lowest BCUT2D eigenvalue weighted by Gasteiger charge is -2.37. The second kappa shape index (κ2) is 8.33. The normalized spacial score (nSPS) is 18.3. The molecule has 0 fully saturated rings. The molecule has 1 atom stereocenters. The van der Waals surface area contributed by atoms with E-state index >= 15 is 0 Å². The first-order chi connectivity index (χ1) is 17.8. The van der Waals surface area contributed by atoms with Gasteiger partial charge in [-0.25, -0.2) is 14.5 Å². The topological polar surface area (TPSA) is 108 Å². The van der Waals surface area contributed by atoms with Crippen molar-refractivity contribution in [1.82, 2.24) is 19.6 Å². The van der Waals surface area contributed by atoms with Gasteiger partial charge in [0.15, 0.2) is 28.8 Å². The molecule has 1 aliphatic heterocycles. The van der Waals surface area contributed by atoms with Crippen molar-refractivity contribution in [3.8, 4) is 34.5 Å². The quantitative estimate of drug-likeness (QED) is 0.432. The van der Waals surface area contributed by atoms with E-state index in [2.05, 4.69) is 23.9 Å². The number of methoxy groups -OCH3 is 2. The van der Waals surface area contributed by atoms with Gasteiger partial charge < -0.3 is 19.3 Å². The zero-order chi connectivity index (χ0) is 25.9. The van der Waals surface area contributed by atoms with Crippen molar-refractivity contribution >= 4 is 11.4 Å². The Balaban J connectivity index is 1.62. The molecule has 6 rings (SSSR count). The molecule has 0 unspecified atom stereocenters. The van der Waals surface area contributed by atoms with Crippen molar-refractivity contribution in [2.24, 2.45) is 5.41 Å². The Morgan fingerprint density at radius 1 is 1.08 bits per heavy atom. The zero-order valence-electron chi connectivity index (χ0n) is 21.0. The van der Waals surface area contributed by atoms with E-state index in [1.165, 1.54) is 6.33 Å². The van der Waals surface area contributed by atoms with Crippen LogP contribution in [0, 0.1) is 5.41 Å². The number of carbonyl (C=O) groups is 1. The number of phenolic OH excluding ortho intramolecular Hbond substituents is 1. The van der Waals surface area contributed by atoms with Crippen LogP contribution in [-0.4, -0.2) is 44.7 Å². The van der Waals surface area contributed by atoms with Gasteiger partial charge in [-0.05, 0) is 35.2 Å². The largest absolute Gasteiger partial charge is 0.507 e. The Kier molecular flexibility index (Phi) is 5.18. The number of phenols is 1. The average molecular weight is 499 g/mol. The minimum Gasteiger partial charge on any atom is -0.507 e.